The van der Waals surface area contributed by atoms with Crippen molar-refractivity contribution in [2.75, 3.05) is 12.8 Å². The maximum absolute atomic E-state index is 7.31. The lowest BCUT2D eigenvalue weighted by Gasteiger charge is -2.04. The summed E-state index contributed by atoms with van der Waals surface area (Å²) in [6.45, 7) is -2.37. The summed E-state index contributed by atoms with van der Waals surface area (Å²) in [5.41, 5.74) is 6.26. The molecule has 68 valence electrons. The number of aromatic nitrogens is 3. The lowest BCUT2D eigenvalue weighted by Crippen LogP contribution is -1.99. The fraction of sp³-hybridized carbons (Fsp3) is 0.250. The second kappa shape index (κ2) is 2.62. The Labute approximate surface area is 79.3 Å². The highest BCUT2D eigenvalue weighted by Gasteiger charge is 2.09. The SMILES string of the molecule is [2H]C([2H])([2H])n1ncc2cnc(OC)c(N)c21. The average Bonchev–Trinajstić information content (AvgIpc) is 2.62. The number of pyridine rings is 1. The van der Waals surface area contributed by atoms with E-state index in [1.165, 1.54) is 19.5 Å². The molecule has 2 aromatic rings. The van der Waals surface area contributed by atoms with Crippen LogP contribution in [0.25, 0.3) is 10.9 Å². The summed E-state index contributed by atoms with van der Waals surface area (Å²) in [7, 11) is 1.42. The van der Waals surface area contributed by atoms with Crippen LogP contribution in [0.4, 0.5) is 5.69 Å². The summed E-state index contributed by atoms with van der Waals surface area (Å²) in [4.78, 5) is 3.94. The zero-order valence-corrected chi connectivity index (χ0v) is 6.98. The largest absolute Gasteiger partial charge is 0.479 e. The van der Waals surface area contributed by atoms with Crippen molar-refractivity contribution in [2.24, 2.45) is 6.98 Å². The van der Waals surface area contributed by atoms with Gasteiger partial charge in [-0.3, -0.25) is 4.68 Å². The number of nitrogens with two attached hydrogens (primary N) is 1. The third-order valence-corrected chi connectivity index (χ3v) is 1.80. The molecular weight excluding hydrogens is 168 g/mol. The molecule has 0 unspecified atom stereocenters. The Hall–Kier alpha value is -1.78. The third-order valence-electron chi connectivity index (χ3n) is 1.80. The smallest absolute Gasteiger partial charge is 0.239 e. The lowest BCUT2D eigenvalue weighted by molar-refractivity contribution is 0.401. The van der Waals surface area contributed by atoms with Crippen molar-refractivity contribution in [1.29, 1.82) is 0 Å². The summed E-state index contributed by atoms with van der Waals surface area (Å²) < 4.78 is 27.8. The first-order valence-corrected chi connectivity index (χ1v) is 3.62. The quantitative estimate of drug-likeness (QED) is 0.698. The predicted octanol–water partition coefficient (Wildman–Crippen LogP) is 0.559. The van der Waals surface area contributed by atoms with Gasteiger partial charge in [0.15, 0.2) is 0 Å². The van der Waals surface area contributed by atoms with Gasteiger partial charge in [0.1, 0.15) is 5.69 Å². The molecule has 0 radical (unpaired) electrons. The monoisotopic (exact) mass is 181 g/mol. The van der Waals surface area contributed by atoms with Gasteiger partial charge in [-0.2, -0.15) is 5.10 Å². The first-order valence-electron chi connectivity index (χ1n) is 5.12. The van der Waals surface area contributed by atoms with Gasteiger partial charge in [-0.1, -0.05) is 0 Å². The number of anilines is 1. The Kier molecular flexibility index (Phi) is 1.02. The van der Waals surface area contributed by atoms with Gasteiger partial charge in [-0.15, -0.1) is 0 Å². The van der Waals surface area contributed by atoms with E-state index >= 15 is 0 Å². The van der Waals surface area contributed by atoms with Crippen LogP contribution in [0.15, 0.2) is 12.4 Å². The van der Waals surface area contributed by atoms with Crippen LogP contribution in [0, 0.1) is 0 Å². The van der Waals surface area contributed by atoms with Gasteiger partial charge in [0.2, 0.25) is 5.88 Å². The first kappa shape index (κ1) is 5.06. The summed E-state index contributed by atoms with van der Waals surface area (Å²) in [6.07, 6.45) is 2.88. The zero-order chi connectivity index (χ0) is 11.9. The summed E-state index contributed by atoms with van der Waals surface area (Å²) >= 11 is 0. The van der Waals surface area contributed by atoms with E-state index in [2.05, 4.69) is 10.1 Å². The summed E-state index contributed by atoms with van der Waals surface area (Å²) in [6, 6.07) is 0. The Bertz CT molecular complexity index is 534. The van der Waals surface area contributed by atoms with Crippen molar-refractivity contribution < 1.29 is 8.85 Å². The van der Waals surface area contributed by atoms with Crippen molar-refractivity contribution in [2.45, 2.75) is 0 Å². The Morgan fingerprint density at radius 3 is 3.15 bits per heavy atom. The van der Waals surface area contributed by atoms with E-state index < -0.39 is 6.98 Å². The van der Waals surface area contributed by atoms with Gasteiger partial charge in [0, 0.05) is 22.7 Å². The van der Waals surface area contributed by atoms with E-state index in [9.17, 15) is 0 Å². The predicted molar refractivity (Wildman–Crippen MR) is 49.5 cm³/mol. The van der Waals surface area contributed by atoms with Gasteiger partial charge in [0.25, 0.3) is 0 Å². The Morgan fingerprint density at radius 1 is 1.62 bits per heavy atom. The second-order valence-electron chi connectivity index (χ2n) is 2.54. The number of methoxy groups -OCH3 is 1. The van der Waals surface area contributed by atoms with Gasteiger partial charge >= 0.3 is 0 Å². The third kappa shape index (κ3) is 1.00. The van der Waals surface area contributed by atoms with Gasteiger partial charge < -0.3 is 10.5 Å². The molecule has 2 N–H and O–H groups in total. The molecule has 0 atom stereocenters. The van der Waals surface area contributed by atoms with Crippen LogP contribution >= 0.6 is 0 Å². The zero-order valence-electron chi connectivity index (χ0n) is 9.98. The molecule has 0 amide bonds. The highest BCUT2D eigenvalue weighted by atomic mass is 16.5. The summed E-state index contributed by atoms with van der Waals surface area (Å²) in [5, 5.41) is 4.35. The Morgan fingerprint density at radius 2 is 2.46 bits per heavy atom. The van der Waals surface area contributed by atoms with Crippen LogP contribution < -0.4 is 10.5 Å². The van der Waals surface area contributed by atoms with E-state index in [0.29, 0.717) is 10.9 Å². The van der Waals surface area contributed by atoms with Gasteiger partial charge in [-0.05, 0) is 0 Å². The maximum Gasteiger partial charge on any atom is 0.239 e. The molecule has 5 nitrogen and oxygen atoms in total. The molecule has 2 aromatic heterocycles. The van der Waals surface area contributed by atoms with Crippen molar-refractivity contribution in [3.05, 3.63) is 12.4 Å². The van der Waals surface area contributed by atoms with Crippen LogP contribution in [0.3, 0.4) is 0 Å². The lowest BCUT2D eigenvalue weighted by atomic mass is 10.3. The number of aryl methyl sites for hydroxylation is 1. The minimum absolute atomic E-state index is 0.175. The molecule has 0 saturated heterocycles. The summed E-state index contributed by atoms with van der Waals surface area (Å²) in [5.74, 6) is 0.193. The fourth-order valence-corrected chi connectivity index (χ4v) is 1.19. The normalized spacial score (nSPS) is 15.0. The minimum atomic E-state index is -2.37. The molecule has 0 aromatic carbocycles. The standard InChI is InChI=1S/C8H10N4O/c1-12-7-5(4-11-12)3-10-8(13-2)6(7)9/h3-4H,9H2,1-2H3/i1D3. The van der Waals surface area contributed by atoms with Crippen molar-refractivity contribution >= 4 is 16.6 Å². The molecule has 2 heterocycles. The van der Waals surface area contributed by atoms with E-state index in [1.54, 1.807) is 0 Å². The van der Waals surface area contributed by atoms with E-state index in [1.807, 2.05) is 0 Å². The molecule has 0 saturated carbocycles. The average molecular weight is 181 g/mol. The topological polar surface area (TPSA) is 66.0 Å². The van der Waals surface area contributed by atoms with Crippen molar-refractivity contribution in [3.63, 3.8) is 0 Å². The molecule has 0 aliphatic heterocycles. The van der Waals surface area contributed by atoms with Crippen molar-refractivity contribution in [3.8, 4) is 5.88 Å². The minimum Gasteiger partial charge on any atom is -0.479 e. The molecule has 0 spiro atoms. The van der Waals surface area contributed by atoms with Crippen LogP contribution in [0.1, 0.15) is 4.11 Å². The van der Waals surface area contributed by atoms with E-state index in [0.717, 1.165) is 4.68 Å². The van der Waals surface area contributed by atoms with Crippen LogP contribution in [-0.2, 0) is 6.98 Å². The molecule has 0 aliphatic rings. The van der Waals surface area contributed by atoms with Crippen LogP contribution in [-0.4, -0.2) is 21.9 Å². The second-order valence-corrected chi connectivity index (χ2v) is 2.54. The Balaban J connectivity index is 2.79. The van der Waals surface area contributed by atoms with E-state index in [-0.39, 0.29) is 11.6 Å². The number of fused-ring (bicyclic) bond motifs is 1. The van der Waals surface area contributed by atoms with Gasteiger partial charge in [0.05, 0.1) is 18.8 Å². The van der Waals surface area contributed by atoms with Crippen LogP contribution in [0.5, 0.6) is 5.88 Å². The fourth-order valence-electron chi connectivity index (χ4n) is 1.19. The van der Waals surface area contributed by atoms with Crippen molar-refractivity contribution in [1.82, 2.24) is 14.8 Å². The molecule has 2 rings (SSSR count). The van der Waals surface area contributed by atoms with Gasteiger partial charge in [-0.25, -0.2) is 4.98 Å². The first-order chi connectivity index (χ1) is 7.45. The van der Waals surface area contributed by atoms with Crippen LogP contribution in [0.2, 0.25) is 0 Å². The number of hydrogen-bond acceptors (Lipinski definition) is 4. The molecule has 0 fully saturated rings. The molecule has 13 heavy (non-hydrogen) atoms. The maximum atomic E-state index is 7.31. The number of nitrogen functional groups attached to an aromatic ring is 1. The number of hydrogen-bond donors (Lipinski definition) is 1. The number of nitrogens with zero attached hydrogens (tertiary/aromatic N) is 3. The molecule has 5 heteroatoms. The highest BCUT2D eigenvalue weighted by molar-refractivity contribution is 5.91. The number of ether oxygens (including phenoxy) is 1. The van der Waals surface area contributed by atoms with E-state index in [4.69, 9.17) is 14.6 Å². The number of rotatable bonds is 1. The highest BCUT2D eigenvalue weighted by Crippen LogP contribution is 2.26. The molecule has 0 bridgehead atoms. The molecule has 0 aliphatic carbocycles. The molecular formula is C8H10N4O.